The molecule has 1 unspecified atom stereocenters. The van der Waals surface area contributed by atoms with Crippen LogP contribution in [-0.4, -0.2) is 24.7 Å². The maximum atomic E-state index is 10.9. The Morgan fingerprint density at radius 1 is 1.42 bits per heavy atom. The summed E-state index contributed by atoms with van der Waals surface area (Å²) >= 11 is 0. The summed E-state index contributed by atoms with van der Waals surface area (Å²) in [5, 5.41) is 0. The Kier molecular flexibility index (Phi) is 3.83. The second-order valence-corrected chi connectivity index (χ2v) is 5.97. The molecule has 0 bridgehead atoms. The number of carbonyl (C=O) groups excluding carboxylic acids is 1. The van der Waals surface area contributed by atoms with Gasteiger partial charge in [-0.05, 0) is 37.8 Å². The molecule has 1 aliphatic heterocycles. The van der Waals surface area contributed by atoms with E-state index in [1.807, 2.05) is 0 Å². The van der Waals surface area contributed by atoms with E-state index in [2.05, 4.69) is 49.9 Å². The van der Waals surface area contributed by atoms with Crippen LogP contribution in [-0.2, 0) is 9.53 Å². The molecule has 1 aliphatic rings. The van der Waals surface area contributed by atoms with Crippen molar-refractivity contribution in [2.45, 2.75) is 45.6 Å². The van der Waals surface area contributed by atoms with Crippen molar-refractivity contribution in [3.63, 3.8) is 0 Å². The van der Waals surface area contributed by atoms with E-state index in [1.165, 1.54) is 18.2 Å². The van der Waals surface area contributed by atoms with E-state index in [1.54, 1.807) is 0 Å². The highest BCUT2D eigenvalue weighted by Gasteiger charge is 2.35. The Bertz CT molecular complexity index is 468. The quantitative estimate of drug-likeness (QED) is 0.782. The Morgan fingerprint density at radius 3 is 2.79 bits per heavy atom. The number of carbonyl (C=O) groups is 1. The Hall–Kier alpha value is -1.51. The molecule has 1 aromatic rings. The van der Waals surface area contributed by atoms with E-state index in [0.717, 1.165) is 13.0 Å². The van der Waals surface area contributed by atoms with Crippen molar-refractivity contribution in [2.24, 2.45) is 0 Å². The van der Waals surface area contributed by atoms with Gasteiger partial charge in [0.15, 0.2) is 0 Å². The fourth-order valence-corrected chi connectivity index (χ4v) is 3.15. The van der Waals surface area contributed by atoms with Crippen LogP contribution in [0.3, 0.4) is 0 Å². The average molecular weight is 261 g/mol. The molecule has 0 fully saturated rings. The standard InChI is InChI=1S/C16H23NO2/c1-12-11-16(3,4)17(9-10-19-13(2)18)15-8-6-5-7-14(12)15/h5-8,12H,9-11H2,1-4H3. The van der Waals surface area contributed by atoms with E-state index in [4.69, 9.17) is 4.74 Å². The van der Waals surface area contributed by atoms with Gasteiger partial charge in [-0.15, -0.1) is 0 Å². The lowest BCUT2D eigenvalue weighted by atomic mass is 9.80. The van der Waals surface area contributed by atoms with Gasteiger partial charge in [0.05, 0.1) is 6.54 Å². The number of rotatable bonds is 3. The maximum Gasteiger partial charge on any atom is 0.302 e. The fourth-order valence-electron chi connectivity index (χ4n) is 3.15. The van der Waals surface area contributed by atoms with Gasteiger partial charge >= 0.3 is 5.97 Å². The number of para-hydroxylation sites is 1. The smallest absolute Gasteiger partial charge is 0.302 e. The predicted molar refractivity (Wildman–Crippen MR) is 77.5 cm³/mol. The Labute approximate surface area is 115 Å². The Morgan fingerprint density at radius 2 is 2.11 bits per heavy atom. The van der Waals surface area contributed by atoms with Crippen LogP contribution in [0.15, 0.2) is 24.3 Å². The van der Waals surface area contributed by atoms with Crippen LogP contribution in [0.1, 0.15) is 45.6 Å². The van der Waals surface area contributed by atoms with Crippen LogP contribution < -0.4 is 4.90 Å². The normalized spacial score (nSPS) is 20.8. The molecule has 2 rings (SSSR count). The lowest BCUT2D eigenvalue weighted by molar-refractivity contribution is -0.140. The number of esters is 1. The molecule has 19 heavy (non-hydrogen) atoms. The molecule has 0 saturated heterocycles. The molecule has 0 spiro atoms. The highest BCUT2D eigenvalue weighted by Crippen LogP contribution is 2.42. The van der Waals surface area contributed by atoms with Gasteiger partial charge in [-0.25, -0.2) is 0 Å². The van der Waals surface area contributed by atoms with Crippen LogP contribution in [0.4, 0.5) is 5.69 Å². The topological polar surface area (TPSA) is 29.5 Å². The molecule has 1 aromatic carbocycles. The SMILES string of the molecule is CC(=O)OCCN1c2ccccc2C(C)CC1(C)C. The molecule has 0 N–H and O–H groups in total. The lowest BCUT2D eigenvalue weighted by Crippen LogP contribution is -2.49. The first kappa shape index (κ1) is 13.9. The molecule has 1 heterocycles. The summed E-state index contributed by atoms with van der Waals surface area (Å²) < 4.78 is 5.10. The second kappa shape index (κ2) is 5.24. The zero-order valence-corrected chi connectivity index (χ0v) is 12.3. The van der Waals surface area contributed by atoms with Gasteiger partial charge in [0.2, 0.25) is 0 Å². The molecule has 3 nitrogen and oxygen atoms in total. The molecule has 0 radical (unpaired) electrons. The van der Waals surface area contributed by atoms with Crippen molar-refractivity contribution < 1.29 is 9.53 Å². The van der Waals surface area contributed by atoms with Crippen LogP contribution in [0.25, 0.3) is 0 Å². The number of hydrogen-bond acceptors (Lipinski definition) is 3. The van der Waals surface area contributed by atoms with Crippen LogP contribution in [0.2, 0.25) is 0 Å². The monoisotopic (exact) mass is 261 g/mol. The third-order valence-corrected chi connectivity index (χ3v) is 3.92. The predicted octanol–water partition coefficient (Wildman–Crippen LogP) is 3.34. The molecule has 0 saturated carbocycles. The van der Waals surface area contributed by atoms with E-state index in [9.17, 15) is 4.79 Å². The van der Waals surface area contributed by atoms with Crippen LogP contribution in [0, 0.1) is 0 Å². The zero-order chi connectivity index (χ0) is 14.0. The van der Waals surface area contributed by atoms with Crippen molar-refractivity contribution in [1.29, 1.82) is 0 Å². The number of nitrogens with zero attached hydrogens (tertiary/aromatic N) is 1. The molecule has 0 aromatic heterocycles. The van der Waals surface area contributed by atoms with Crippen LogP contribution >= 0.6 is 0 Å². The number of anilines is 1. The molecular formula is C16H23NO2. The van der Waals surface area contributed by atoms with Crippen molar-refractivity contribution in [2.75, 3.05) is 18.1 Å². The van der Waals surface area contributed by atoms with E-state index in [-0.39, 0.29) is 11.5 Å². The summed E-state index contributed by atoms with van der Waals surface area (Å²) in [5.74, 6) is 0.354. The largest absolute Gasteiger partial charge is 0.464 e. The van der Waals surface area contributed by atoms with Gasteiger partial charge < -0.3 is 9.64 Å². The van der Waals surface area contributed by atoms with Gasteiger partial charge in [0.25, 0.3) is 0 Å². The first-order chi connectivity index (χ1) is 8.92. The summed E-state index contributed by atoms with van der Waals surface area (Å²) in [7, 11) is 0. The van der Waals surface area contributed by atoms with E-state index < -0.39 is 0 Å². The van der Waals surface area contributed by atoms with Gasteiger partial charge in [0, 0.05) is 18.2 Å². The average Bonchev–Trinajstić information content (AvgIpc) is 2.32. The first-order valence-electron chi connectivity index (χ1n) is 6.92. The van der Waals surface area contributed by atoms with Gasteiger partial charge in [-0.1, -0.05) is 25.1 Å². The zero-order valence-electron chi connectivity index (χ0n) is 12.3. The summed E-state index contributed by atoms with van der Waals surface area (Å²) in [6.07, 6.45) is 1.12. The number of ether oxygens (including phenoxy) is 1. The summed E-state index contributed by atoms with van der Waals surface area (Å²) in [4.78, 5) is 13.3. The third-order valence-electron chi connectivity index (χ3n) is 3.92. The van der Waals surface area contributed by atoms with E-state index in [0.29, 0.717) is 12.5 Å². The summed E-state index contributed by atoms with van der Waals surface area (Å²) in [6.45, 7) is 9.44. The maximum absolute atomic E-state index is 10.9. The first-order valence-corrected chi connectivity index (χ1v) is 6.92. The lowest BCUT2D eigenvalue weighted by Gasteiger charge is -2.47. The van der Waals surface area contributed by atoms with Crippen molar-refractivity contribution >= 4 is 11.7 Å². The molecule has 0 amide bonds. The summed E-state index contributed by atoms with van der Waals surface area (Å²) in [5.41, 5.74) is 2.76. The second-order valence-electron chi connectivity index (χ2n) is 5.97. The Balaban J connectivity index is 2.23. The highest BCUT2D eigenvalue weighted by atomic mass is 16.5. The number of benzene rings is 1. The van der Waals surface area contributed by atoms with Crippen molar-refractivity contribution in [1.82, 2.24) is 0 Å². The van der Waals surface area contributed by atoms with Gasteiger partial charge in [-0.2, -0.15) is 0 Å². The molecule has 3 heteroatoms. The van der Waals surface area contributed by atoms with Gasteiger partial charge in [-0.3, -0.25) is 4.79 Å². The minimum atomic E-state index is -0.212. The number of hydrogen-bond donors (Lipinski definition) is 0. The molecular weight excluding hydrogens is 238 g/mol. The van der Waals surface area contributed by atoms with E-state index >= 15 is 0 Å². The molecule has 0 aliphatic carbocycles. The minimum absolute atomic E-state index is 0.0912. The third kappa shape index (κ3) is 2.91. The highest BCUT2D eigenvalue weighted by molar-refractivity contribution is 5.66. The van der Waals surface area contributed by atoms with Gasteiger partial charge in [0.1, 0.15) is 6.61 Å². The van der Waals surface area contributed by atoms with Crippen molar-refractivity contribution in [3.8, 4) is 0 Å². The molecule has 104 valence electrons. The molecule has 1 atom stereocenters. The fraction of sp³-hybridized carbons (Fsp3) is 0.562. The number of fused-ring (bicyclic) bond motifs is 1. The minimum Gasteiger partial charge on any atom is -0.464 e. The summed E-state index contributed by atoms with van der Waals surface area (Å²) in [6, 6.07) is 8.54. The van der Waals surface area contributed by atoms with Crippen LogP contribution in [0.5, 0.6) is 0 Å². The van der Waals surface area contributed by atoms with Crippen molar-refractivity contribution in [3.05, 3.63) is 29.8 Å².